The van der Waals surface area contributed by atoms with Crippen LogP contribution in [0.15, 0.2) is 28.1 Å². The van der Waals surface area contributed by atoms with E-state index in [0.29, 0.717) is 5.25 Å². The summed E-state index contributed by atoms with van der Waals surface area (Å²) in [6, 6.07) is 6.41. The molecular formula is C12H13BrS2. The zero-order valence-corrected chi connectivity index (χ0v) is 12.0. The molecule has 0 radical (unpaired) electrons. The molecule has 2 rings (SSSR count). The first kappa shape index (κ1) is 11.5. The first-order valence-electron chi connectivity index (χ1n) is 4.94. The minimum absolute atomic E-state index is 0.697. The number of fused-ring (bicyclic) bond motifs is 1. The largest absolute Gasteiger partial charge is 0.154 e. The predicted octanol–water partition coefficient (Wildman–Crippen LogP) is 5.31. The topological polar surface area (TPSA) is 0 Å². The van der Waals surface area contributed by atoms with Gasteiger partial charge in [0.15, 0.2) is 0 Å². The normalized spacial score (nSPS) is 11.5. The Morgan fingerprint density at radius 1 is 1.40 bits per heavy atom. The quantitative estimate of drug-likeness (QED) is 0.740. The molecule has 0 spiro atoms. The Labute approximate surface area is 107 Å². The van der Waals surface area contributed by atoms with Gasteiger partial charge >= 0.3 is 0 Å². The van der Waals surface area contributed by atoms with Crippen LogP contribution in [-0.4, -0.2) is 5.25 Å². The molecule has 0 saturated heterocycles. The van der Waals surface area contributed by atoms with Crippen molar-refractivity contribution in [3.05, 3.63) is 33.6 Å². The molecule has 0 atom stereocenters. The molecule has 2 aromatic rings. The Hall–Kier alpha value is 0.01000. The summed E-state index contributed by atoms with van der Waals surface area (Å²) in [5, 5.41) is 4.38. The van der Waals surface area contributed by atoms with Crippen LogP contribution in [0.1, 0.15) is 19.4 Å². The minimum atomic E-state index is 0.697. The van der Waals surface area contributed by atoms with Crippen LogP contribution < -0.4 is 0 Å². The molecule has 0 bridgehead atoms. The highest BCUT2D eigenvalue weighted by molar-refractivity contribution is 9.10. The summed E-state index contributed by atoms with van der Waals surface area (Å²) < 4.78 is 2.60. The van der Waals surface area contributed by atoms with Crippen LogP contribution in [0.2, 0.25) is 0 Å². The molecule has 0 amide bonds. The second kappa shape index (κ2) is 4.89. The molecule has 1 aromatic heterocycles. The number of rotatable bonds is 3. The van der Waals surface area contributed by atoms with E-state index < -0.39 is 0 Å². The molecular weight excluding hydrogens is 288 g/mol. The number of hydrogen-bond acceptors (Lipinski definition) is 2. The molecule has 15 heavy (non-hydrogen) atoms. The van der Waals surface area contributed by atoms with E-state index in [1.54, 1.807) is 0 Å². The number of halogens is 1. The van der Waals surface area contributed by atoms with Crippen LogP contribution in [0.25, 0.3) is 10.1 Å². The predicted molar refractivity (Wildman–Crippen MR) is 76.0 cm³/mol. The Morgan fingerprint density at radius 2 is 2.20 bits per heavy atom. The van der Waals surface area contributed by atoms with Crippen LogP contribution in [0, 0.1) is 0 Å². The van der Waals surface area contributed by atoms with Gasteiger partial charge in [0.2, 0.25) is 0 Å². The fourth-order valence-electron chi connectivity index (χ4n) is 1.47. The lowest BCUT2D eigenvalue weighted by molar-refractivity contribution is 1.11. The highest BCUT2D eigenvalue weighted by Gasteiger charge is 2.07. The second-order valence-corrected chi connectivity index (χ2v) is 7.06. The van der Waals surface area contributed by atoms with Crippen molar-refractivity contribution >= 4 is 49.1 Å². The first-order chi connectivity index (χ1) is 7.18. The molecule has 0 saturated carbocycles. The van der Waals surface area contributed by atoms with Crippen LogP contribution in [0.5, 0.6) is 0 Å². The lowest BCUT2D eigenvalue weighted by Gasteiger charge is -2.04. The third kappa shape index (κ3) is 2.58. The highest BCUT2D eigenvalue weighted by Crippen LogP contribution is 2.34. The monoisotopic (exact) mass is 300 g/mol. The van der Waals surface area contributed by atoms with Gasteiger partial charge in [-0.3, -0.25) is 0 Å². The van der Waals surface area contributed by atoms with Crippen LogP contribution >= 0.6 is 39.0 Å². The third-order valence-corrected chi connectivity index (χ3v) is 5.00. The number of thioether (sulfide) groups is 1. The molecule has 1 aromatic carbocycles. The van der Waals surface area contributed by atoms with E-state index in [9.17, 15) is 0 Å². The molecule has 3 heteroatoms. The van der Waals surface area contributed by atoms with Crippen LogP contribution in [0.4, 0.5) is 0 Å². The summed E-state index contributed by atoms with van der Waals surface area (Å²) >= 11 is 7.47. The molecule has 1 heterocycles. The van der Waals surface area contributed by atoms with Gasteiger partial charge in [-0.25, -0.2) is 0 Å². The fourth-order valence-corrected chi connectivity index (χ4v) is 4.05. The van der Waals surface area contributed by atoms with Crippen molar-refractivity contribution < 1.29 is 0 Å². The number of benzene rings is 1. The smallest absolute Gasteiger partial charge is 0.0357 e. The van der Waals surface area contributed by atoms with Gasteiger partial charge in [0.25, 0.3) is 0 Å². The van der Waals surface area contributed by atoms with Crippen molar-refractivity contribution in [2.75, 3.05) is 0 Å². The van der Waals surface area contributed by atoms with Gasteiger partial charge in [-0.1, -0.05) is 35.8 Å². The van der Waals surface area contributed by atoms with E-state index in [-0.39, 0.29) is 0 Å². The average molecular weight is 301 g/mol. The summed E-state index contributed by atoms with van der Waals surface area (Å²) in [7, 11) is 0. The zero-order valence-electron chi connectivity index (χ0n) is 8.79. The van der Waals surface area contributed by atoms with Gasteiger partial charge in [-0.15, -0.1) is 11.3 Å². The highest BCUT2D eigenvalue weighted by atomic mass is 79.9. The Balaban J connectivity index is 2.35. The molecule has 0 aliphatic heterocycles. The van der Waals surface area contributed by atoms with Crippen molar-refractivity contribution in [2.24, 2.45) is 0 Å². The Morgan fingerprint density at radius 3 is 2.93 bits per heavy atom. The molecule has 80 valence electrons. The Kier molecular flexibility index (Phi) is 3.75. The molecule has 0 N–H and O–H groups in total. The van der Waals surface area contributed by atoms with Gasteiger partial charge in [0, 0.05) is 20.3 Å². The van der Waals surface area contributed by atoms with E-state index in [2.05, 4.69) is 53.4 Å². The lowest BCUT2D eigenvalue weighted by atomic mass is 10.2. The molecule has 0 unspecified atom stereocenters. The van der Waals surface area contributed by atoms with Crippen molar-refractivity contribution in [1.29, 1.82) is 0 Å². The van der Waals surface area contributed by atoms with Crippen molar-refractivity contribution in [3.63, 3.8) is 0 Å². The minimum Gasteiger partial charge on any atom is -0.154 e. The van der Waals surface area contributed by atoms with E-state index in [1.165, 1.54) is 20.1 Å². The lowest BCUT2D eigenvalue weighted by Crippen LogP contribution is -1.87. The summed E-state index contributed by atoms with van der Waals surface area (Å²) in [5.74, 6) is 1.11. The molecule has 0 aliphatic carbocycles. The summed E-state index contributed by atoms with van der Waals surface area (Å²) in [6.07, 6.45) is 0. The fraction of sp³-hybridized carbons (Fsp3) is 0.333. The maximum atomic E-state index is 3.63. The van der Waals surface area contributed by atoms with Crippen molar-refractivity contribution in [3.8, 4) is 0 Å². The van der Waals surface area contributed by atoms with Gasteiger partial charge in [0.05, 0.1) is 0 Å². The van der Waals surface area contributed by atoms with E-state index >= 15 is 0 Å². The summed E-state index contributed by atoms with van der Waals surface area (Å²) in [5.41, 5.74) is 1.46. The number of thiophene rings is 1. The average Bonchev–Trinajstić information content (AvgIpc) is 2.59. The zero-order chi connectivity index (χ0) is 10.8. The molecule has 0 fully saturated rings. The SMILES string of the molecule is CC(C)SCc1csc2cccc(Br)c12. The maximum absolute atomic E-state index is 3.63. The van der Waals surface area contributed by atoms with Crippen LogP contribution in [0.3, 0.4) is 0 Å². The molecule has 0 aliphatic rings. The van der Waals surface area contributed by atoms with E-state index in [4.69, 9.17) is 0 Å². The first-order valence-corrected chi connectivity index (χ1v) is 7.67. The maximum Gasteiger partial charge on any atom is 0.0357 e. The summed E-state index contributed by atoms with van der Waals surface area (Å²) in [6.45, 7) is 4.49. The Bertz CT molecular complexity index is 460. The van der Waals surface area contributed by atoms with Gasteiger partial charge in [-0.2, -0.15) is 11.8 Å². The van der Waals surface area contributed by atoms with E-state index in [0.717, 1.165) is 5.75 Å². The van der Waals surface area contributed by atoms with Crippen LogP contribution in [-0.2, 0) is 5.75 Å². The standard InChI is InChI=1S/C12H13BrS2/c1-8(2)14-6-9-7-15-11-5-3-4-10(13)12(9)11/h3-5,7-8H,6H2,1-2H3. The van der Waals surface area contributed by atoms with Gasteiger partial charge in [0.1, 0.15) is 0 Å². The van der Waals surface area contributed by atoms with Gasteiger partial charge < -0.3 is 0 Å². The number of hydrogen-bond donors (Lipinski definition) is 0. The van der Waals surface area contributed by atoms with Crippen molar-refractivity contribution in [1.82, 2.24) is 0 Å². The third-order valence-electron chi connectivity index (χ3n) is 2.20. The van der Waals surface area contributed by atoms with Crippen molar-refractivity contribution in [2.45, 2.75) is 24.9 Å². The van der Waals surface area contributed by atoms with E-state index in [1.807, 2.05) is 23.1 Å². The molecule has 0 nitrogen and oxygen atoms in total. The summed E-state index contributed by atoms with van der Waals surface area (Å²) in [4.78, 5) is 0. The van der Waals surface area contributed by atoms with Gasteiger partial charge in [-0.05, 0) is 28.3 Å². The second-order valence-electron chi connectivity index (χ2n) is 3.73.